The molecule has 1 aliphatic carbocycles. The summed E-state index contributed by atoms with van der Waals surface area (Å²) in [6.07, 6.45) is 5.32. The molecule has 1 amide bonds. The molecule has 0 fully saturated rings. The third-order valence-electron chi connectivity index (χ3n) is 6.03. The van der Waals surface area contributed by atoms with E-state index < -0.39 is 0 Å². The van der Waals surface area contributed by atoms with E-state index in [2.05, 4.69) is 31.6 Å². The molecule has 0 saturated carbocycles. The van der Waals surface area contributed by atoms with Crippen LogP contribution in [-0.2, 0) is 4.74 Å². The molecule has 0 radical (unpaired) electrons. The van der Waals surface area contributed by atoms with Gasteiger partial charge in [-0.15, -0.1) is 0 Å². The second-order valence-corrected chi connectivity index (χ2v) is 8.04. The van der Waals surface area contributed by atoms with Crippen LogP contribution in [0.4, 0.5) is 0 Å². The van der Waals surface area contributed by atoms with E-state index in [1.165, 1.54) is 5.57 Å². The van der Waals surface area contributed by atoms with Crippen molar-refractivity contribution in [2.45, 2.75) is 38.3 Å². The summed E-state index contributed by atoms with van der Waals surface area (Å²) >= 11 is 0. The normalized spacial score (nSPS) is 17.6. The quantitative estimate of drug-likeness (QED) is 0.447. The smallest absolute Gasteiger partial charge is 0.287 e. The Kier molecular flexibility index (Phi) is 5.03. The third-order valence-corrected chi connectivity index (χ3v) is 6.03. The standard InChI is InChI=1S/C24H25N5O2/c1-14(15-6-4-3-5-7-15)25-24(30)23-26-20-12-18-19(13-21(20)27-23)28-29-22(18)16-8-10-17(31-2)11-9-16/h3-8,12-14,17H,9-11H2,1-2H3,(H,25,30)(H,26,27)(H,28,29)/t14-,17?/m1/s1. The van der Waals surface area contributed by atoms with Crippen LogP contribution in [0.15, 0.2) is 48.5 Å². The van der Waals surface area contributed by atoms with Crippen LogP contribution in [-0.4, -0.2) is 39.3 Å². The molecule has 158 valence electrons. The first-order valence-corrected chi connectivity index (χ1v) is 10.6. The Balaban J connectivity index is 1.42. The van der Waals surface area contributed by atoms with Gasteiger partial charge >= 0.3 is 0 Å². The van der Waals surface area contributed by atoms with Crippen molar-refractivity contribution >= 4 is 33.4 Å². The van der Waals surface area contributed by atoms with Gasteiger partial charge in [-0.05, 0) is 49.5 Å². The zero-order valence-electron chi connectivity index (χ0n) is 17.6. The minimum atomic E-state index is -0.227. The number of fused-ring (bicyclic) bond motifs is 2. The monoisotopic (exact) mass is 415 g/mol. The minimum Gasteiger partial charge on any atom is -0.381 e. The van der Waals surface area contributed by atoms with Gasteiger partial charge in [0, 0.05) is 12.5 Å². The predicted octanol–water partition coefficient (Wildman–Crippen LogP) is 4.51. The van der Waals surface area contributed by atoms with Gasteiger partial charge in [0.25, 0.3) is 5.91 Å². The lowest BCUT2D eigenvalue weighted by molar-refractivity contribution is 0.0930. The molecule has 2 heterocycles. The van der Waals surface area contributed by atoms with E-state index in [4.69, 9.17) is 4.74 Å². The van der Waals surface area contributed by atoms with Gasteiger partial charge in [0.05, 0.1) is 34.4 Å². The fourth-order valence-electron chi connectivity index (χ4n) is 4.20. The molecular weight excluding hydrogens is 390 g/mol. The molecule has 3 N–H and O–H groups in total. The molecule has 7 nitrogen and oxygen atoms in total. The zero-order chi connectivity index (χ0) is 21.4. The topological polar surface area (TPSA) is 95.7 Å². The number of methoxy groups -OCH3 is 1. The molecule has 0 spiro atoms. The van der Waals surface area contributed by atoms with Gasteiger partial charge in [-0.3, -0.25) is 9.89 Å². The number of carbonyl (C=O) groups is 1. The van der Waals surface area contributed by atoms with Gasteiger partial charge in [-0.1, -0.05) is 36.4 Å². The number of imidazole rings is 1. The van der Waals surface area contributed by atoms with Crippen LogP contribution in [0, 0.1) is 0 Å². The first-order chi connectivity index (χ1) is 15.1. The van der Waals surface area contributed by atoms with Crippen LogP contribution in [0.5, 0.6) is 0 Å². The summed E-state index contributed by atoms with van der Waals surface area (Å²) in [5.41, 5.74) is 5.70. The van der Waals surface area contributed by atoms with Crippen LogP contribution in [0.3, 0.4) is 0 Å². The highest BCUT2D eigenvalue weighted by Gasteiger charge is 2.20. The van der Waals surface area contributed by atoms with Crippen LogP contribution in [0.25, 0.3) is 27.5 Å². The van der Waals surface area contributed by atoms with Crippen LogP contribution in [0.2, 0.25) is 0 Å². The average Bonchev–Trinajstić information content (AvgIpc) is 3.41. The Bertz CT molecular complexity index is 1270. The number of ether oxygens (including phenoxy) is 1. The summed E-state index contributed by atoms with van der Waals surface area (Å²) in [6, 6.07) is 13.7. The number of hydrogen-bond donors (Lipinski definition) is 3. The number of hydrogen-bond acceptors (Lipinski definition) is 4. The van der Waals surface area contributed by atoms with Crippen molar-refractivity contribution in [1.29, 1.82) is 0 Å². The van der Waals surface area contributed by atoms with Gasteiger partial charge in [0.1, 0.15) is 0 Å². The molecule has 2 aromatic heterocycles. The van der Waals surface area contributed by atoms with Crippen molar-refractivity contribution in [1.82, 2.24) is 25.5 Å². The molecule has 5 rings (SSSR count). The highest BCUT2D eigenvalue weighted by Crippen LogP contribution is 2.32. The van der Waals surface area contributed by atoms with Crippen LogP contribution in [0.1, 0.15) is 54.1 Å². The van der Waals surface area contributed by atoms with Gasteiger partial charge in [-0.25, -0.2) is 4.98 Å². The number of nitrogens with zero attached hydrogens (tertiary/aromatic N) is 2. The Morgan fingerprint density at radius 2 is 2.06 bits per heavy atom. The number of carbonyl (C=O) groups excluding carboxylic acids is 1. The number of nitrogens with one attached hydrogen (secondary N) is 3. The van der Waals surface area contributed by atoms with E-state index in [0.717, 1.165) is 52.5 Å². The van der Waals surface area contributed by atoms with Gasteiger partial charge in [0.2, 0.25) is 0 Å². The Labute approximate surface area is 179 Å². The maximum atomic E-state index is 12.8. The lowest BCUT2D eigenvalue weighted by atomic mass is 9.93. The Hall–Kier alpha value is -3.45. The van der Waals surface area contributed by atoms with Crippen molar-refractivity contribution in [2.75, 3.05) is 7.11 Å². The molecule has 31 heavy (non-hydrogen) atoms. The second kappa shape index (κ2) is 8.00. The largest absolute Gasteiger partial charge is 0.381 e. The molecule has 7 heteroatoms. The molecule has 1 unspecified atom stereocenters. The van der Waals surface area contributed by atoms with Crippen molar-refractivity contribution in [3.05, 3.63) is 65.6 Å². The molecule has 2 aromatic carbocycles. The molecule has 1 aliphatic rings. The summed E-state index contributed by atoms with van der Waals surface area (Å²) in [5.74, 6) is 0.0786. The number of allylic oxidation sites excluding steroid dienone is 1. The van der Waals surface area contributed by atoms with Crippen molar-refractivity contribution < 1.29 is 9.53 Å². The summed E-state index contributed by atoms with van der Waals surface area (Å²) in [4.78, 5) is 20.5. The van der Waals surface area contributed by atoms with Gasteiger partial charge in [0.15, 0.2) is 5.82 Å². The summed E-state index contributed by atoms with van der Waals surface area (Å²) in [5, 5.41) is 11.7. The predicted molar refractivity (Wildman–Crippen MR) is 121 cm³/mol. The first kappa shape index (κ1) is 19.5. The number of benzene rings is 2. The molecular formula is C24H25N5O2. The zero-order valence-corrected chi connectivity index (χ0v) is 17.6. The number of H-pyrrole nitrogens is 2. The fraction of sp³-hybridized carbons (Fsp3) is 0.292. The number of aromatic nitrogens is 4. The minimum absolute atomic E-state index is 0.110. The summed E-state index contributed by atoms with van der Waals surface area (Å²) < 4.78 is 5.46. The van der Waals surface area contributed by atoms with Crippen molar-refractivity contribution in [3.63, 3.8) is 0 Å². The molecule has 4 aromatic rings. The number of aromatic amines is 2. The molecule has 0 aliphatic heterocycles. The number of amides is 1. The van der Waals surface area contributed by atoms with E-state index in [1.54, 1.807) is 7.11 Å². The lowest BCUT2D eigenvalue weighted by Crippen LogP contribution is -2.27. The maximum absolute atomic E-state index is 12.8. The molecule has 0 bridgehead atoms. The summed E-state index contributed by atoms with van der Waals surface area (Å²) in [6.45, 7) is 1.96. The van der Waals surface area contributed by atoms with Gasteiger partial charge in [-0.2, -0.15) is 5.10 Å². The third kappa shape index (κ3) is 3.72. The fourth-order valence-corrected chi connectivity index (χ4v) is 4.20. The SMILES string of the molecule is COC1CC=C(c2n[nH]c3cc4[nH]c(C(=O)N[C@H](C)c5ccccc5)nc4cc23)CC1. The van der Waals surface area contributed by atoms with Crippen LogP contribution < -0.4 is 5.32 Å². The first-order valence-electron chi connectivity index (χ1n) is 10.6. The average molecular weight is 415 g/mol. The van der Waals surface area contributed by atoms with E-state index in [0.29, 0.717) is 5.82 Å². The molecule has 0 saturated heterocycles. The Morgan fingerprint density at radius 1 is 1.23 bits per heavy atom. The van der Waals surface area contributed by atoms with Gasteiger partial charge < -0.3 is 15.0 Å². The lowest BCUT2D eigenvalue weighted by Gasteiger charge is -2.19. The summed E-state index contributed by atoms with van der Waals surface area (Å²) in [7, 11) is 1.76. The maximum Gasteiger partial charge on any atom is 0.287 e. The van der Waals surface area contributed by atoms with E-state index in [9.17, 15) is 4.79 Å². The van der Waals surface area contributed by atoms with E-state index in [-0.39, 0.29) is 18.1 Å². The van der Waals surface area contributed by atoms with Crippen molar-refractivity contribution in [2.24, 2.45) is 0 Å². The van der Waals surface area contributed by atoms with Crippen LogP contribution >= 0.6 is 0 Å². The number of rotatable bonds is 5. The Morgan fingerprint density at radius 3 is 2.81 bits per heavy atom. The van der Waals surface area contributed by atoms with E-state index in [1.807, 2.05) is 49.4 Å². The van der Waals surface area contributed by atoms with E-state index >= 15 is 0 Å². The highest BCUT2D eigenvalue weighted by atomic mass is 16.5. The molecule has 2 atom stereocenters. The van der Waals surface area contributed by atoms with Crippen molar-refractivity contribution in [3.8, 4) is 0 Å². The second-order valence-electron chi connectivity index (χ2n) is 8.04. The highest BCUT2D eigenvalue weighted by molar-refractivity contribution is 6.01.